The van der Waals surface area contributed by atoms with Crippen LogP contribution in [0.25, 0.3) is 0 Å². The summed E-state index contributed by atoms with van der Waals surface area (Å²) in [5.74, 6) is 0.581. The molecule has 6 aliphatic carbocycles. The lowest BCUT2D eigenvalue weighted by Gasteiger charge is -2.63. The molecule has 0 saturated heterocycles. The zero-order valence-electron chi connectivity index (χ0n) is 20.8. The van der Waals surface area contributed by atoms with E-state index in [1.54, 1.807) is 0 Å². The Balaban J connectivity index is 1.74. The smallest absolute Gasteiger partial charge is 0.0346 e. The van der Waals surface area contributed by atoms with Gasteiger partial charge in [0.2, 0.25) is 0 Å². The Kier molecular flexibility index (Phi) is 4.99. The first-order valence-corrected chi connectivity index (χ1v) is 13.6. The van der Waals surface area contributed by atoms with Crippen molar-refractivity contribution in [3.8, 4) is 0 Å². The highest BCUT2D eigenvalue weighted by Gasteiger charge is 2.64. The Morgan fingerprint density at radius 1 is 0.444 bits per heavy atom. The van der Waals surface area contributed by atoms with Gasteiger partial charge in [-0.15, -0.1) is 0 Å². The summed E-state index contributed by atoms with van der Waals surface area (Å²) in [7, 11) is 0. The maximum absolute atomic E-state index is 6.29. The molecule has 0 amide bonds. The van der Waals surface area contributed by atoms with Crippen molar-refractivity contribution in [2.24, 2.45) is 11.5 Å². The normalized spacial score (nSPS) is 26.4. The van der Waals surface area contributed by atoms with Crippen LogP contribution in [0, 0.1) is 0 Å². The standard InChI is InChI=1S/C34H34N2/c35-21-9-19-33-27-15-5-1-11-23(27)31(24-12-2-6-16-28(24)33)32-25-13-3-7-17-29(25)34(33,20-10-22-36)30-18-8-4-14-26(30)32/h1-8,11-18,31-32H,9-10,19-22,35-36H2. The summed E-state index contributed by atoms with van der Waals surface area (Å²) in [5, 5.41) is 0. The first-order valence-electron chi connectivity index (χ1n) is 13.6. The van der Waals surface area contributed by atoms with Gasteiger partial charge in [0, 0.05) is 22.7 Å². The predicted octanol–water partition coefficient (Wildman–Crippen LogP) is 6.34. The van der Waals surface area contributed by atoms with Gasteiger partial charge in [0.15, 0.2) is 0 Å². The molecule has 0 aromatic heterocycles. The van der Waals surface area contributed by atoms with Crippen LogP contribution in [0.3, 0.4) is 0 Å². The Morgan fingerprint density at radius 2 is 0.722 bits per heavy atom. The third kappa shape index (κ3) is 2.54. The molecule has 2 nitrogen and oxygen atoms in total. The summed E-state index contributed by atoms with van der Waals surface area (Å²) in [4.78, 5) is 0. The SMILES string of the molecule is NCCCC12c3ccccc3C(c3ccccc31)C1c3ccccc3C2(CCCN)c2ccccc21. The van der Waals surface area contributed by atoms with Crippen molar-refractivity contribution in [2.45, 2.75) is 48.3 Å². The molecule has 4 N–H and O–H groups in total. The molecule has 6 aliphatic rings. The Morgan fingerprint density at radius 3 is 1.00 bits per heavy atom. The third-order valence-corrected chi connectivity index (χ3v) is 9.60. The van der Waals surface area contributed by atoms with Crippen LogP contribution in [-0.2, 0) is 10.8 Å². The summed E-state index contributed by atoms with van der Waals surface area (Å²) in [6.07, 6.45) is 3.99. The molecule has 180 valence electrons. The molecule has 4 aromatic rings. The number of nitrogens with two attached hydrogens (primary N) is 2. The van der Waals surface area contributed by atoms with Gasteiger partial charge < -0.3 is 11.5 Å². The van der Waals surface area contributed by atoms with Crippen LogP contribution < -0.4 is 11.5 Å². The van der Waals surface area contributed by atoms with E-state index in [-0.39, 0.29) is 10.8 Å². The average molecular weight is 471 g/mol. The minimum Gasteiger partial charge on any atom is -0.330 e. The third-order valence-electron chi connectivity index (χ3n) is 9.60. The second-order valence-electron chi connectivity index (χ2n) is 10.9. The second-order valence-corrected chi connectivity index (χ2v) is 10.9. The van der Waals surface area contributed by atoms with Crippen molar-refractivity contribution in [1.82, 2.24) is 0 Å². The summed E-state index contributed by atoms with van der Waals surface area (Å²) in [6, 6.07) is 37.4. The lowest BCUT2D eigenvalue weighted by molar-refractivity contribution is 0.230. The van der Waals surface area contributed by atoms with E-state index in [0.29, 0.717) is 24.9 Å². The molecule has 4 aromatic carbocycles. The number of hydrogen-bond acceptors (Lipinski definition) is 2. The van der Waals surface area contributed by atoms with Crippen molar-refractivity contribution < 1.29 is 0 Å². The fourth-order valence-corrected chi connectivity index (χ4v) is 8.59. The van der Waals surface area contributed by atoms with E-state index in [9.17, 15) is 0 Å². The first-order chi connectivity index (χ1) is 17.8. The monoisotopic (exact) mass is 470 g/mol. The molecular weight excluding hydrogens is 436 g/mol. The Hall–Kier alpha value is -3.20. The summed E-state index contributed by atoms with van der Waals surface area (Å²) in [5.41, 5.74) is 24.2. The number of hydrogen-bond donors (Lipinski definition) is 2. The minimum atomic E-state index is -0.219. The Bertz CT molecular complexity index is 1250. The summed E-state index contributed by atoms with van der Waals surface area (Å²) < 4.78 is 0. The second kappa shape index (κ2) is 8.16. The molecule has 2 heteroatoms. The molecule has 0 heterocycles. The van der Waals surface area contributed by atoms with Crippen LogP contribution in [0.15, 0.2) is 97.1 Å². The first kappa shape index (κ1) is 22.0. The van der Waals surface area contributed by atoms with Crippen LogP contribution in [0.5, 0.6) is 0 Å². The lowest BCUT2D eigenvalue weighted by atomic mass is 9.39. The zero-order valence-corrected chi connectivity index (χ0v) is 20.8. The topological polar surface area (TPSA) is 52.0 Å². The van der Waals surface area contributed by atoms with Gasteiger partial charge in [-0.05, 0) is 83.3 Å². The fourth-order valence-electron chi connectivity index (χ4n) is 8.59. The minimum absolute atomic E-state index is 0.219. The molecule has 0 fully saturated rings. The summed E-state index contributed by atoms with van der Waals surface area (Å²) >= 11 is 0. The van der Waals surface area contributed by atoms with Crippen molar-refractivity contribution in [1.29, 1.82) is 0 Å². The van der Waals surface area contributed by atoms with Crippen LogP contribution in [0.1, 0.15) is 82.0 Å². The van der Waals surface area contributed by atoms with Crippen LogP contribution in [0.2, 0.25) is 0 Å². The van der Waals surface area contributed by atoms with Gasteiger partial charge in [0.1, 0.15) is 0 Å². The molecule has 0 spiro atoms. The molecule has 4 bridgehead atoms. The predicted molar refractivity (Wildman–Crippen MR) is 148 cm³/mol. The van der Waals surface area contributed by atoms with Crippen LogP contribution in [0.4, 0.5) is 0 Å². The summed E-state index contributed by atoms with van der Waals surface area (Å²) in [6.45, 7) is 1.38. The van der Waals surface area contributed by atoms with E-state index in [2.05, 4.69) is 97.1 Å². The van der Waals surface area contributed by atoms with Gasteiger partial charge in [-0.2, -0.15) is 0 Å². The van der Waals surface area contributed by atoms with E-state index < -0.39 is 0 Å². The van der Waals surface area contributed by atoms with Gasteiger partial charge in [0.25, 0.3) is 0 Å². The van der Waals surface area contributed by atoms with Crippen molar-refractivity contribution in [2.75, 3.05) is 13.1 Å². The van der Waals surface area contributed by atoms with Gasteiger partial charge in [-0.3, -0.25) is 0 Å². The maximum Gasteiger partial charge on any atom is 0.0346 e. The van der Waals surface area contributed by atoms with E-state index in [4.69, 9.17) is 11.5 Å². The van der Waals surface area contributed by atoms with Gasteiger partial charge >= 0.3 is 0 Å². The van der Waals surface area contributed by atoms with Crippen LogP contribution in [-0.4, -0.2) is 13.1 Å². The Labute approximate surface area is 214 Å². The van der Waals surface area contributed by atoms with Crippen LogP contribution >= 0.6 is 0 Å². The molecule has 36 heavy (non-hydrogen) atoms. The van der Waals surface area contributed by atoms with Crippen molar-refractivity contribution >= 4 is 0 Å². The highest BCUT2D eigenvalue weighted by molar-refractivity contribution is 5.73. The quantitative estimate of drug-likeness (QED) is 0.345. The van der Waals surface area contributed by atoms with E-state index >= 15 is 0 Å². The average Bonchev–Trinajstić information content (AvgIpc) is 2.93. The zero-order chi connectivity index (χ0) is 24.3. The fraction of sp³-hybridized carbons (Fsp3) is 0.294. The largest absolute Gasteiger partial charge is 0.330 e. The lowest BCUT2D eigenvalue weighted by Crippen LogP contribution is -2.58. The van der Waals surface area contributed by atoms with Gasteiger partial charge in [-0.1, -0.05) is 97.1 Å². The molecule has 0 radical (unpaired) electrons. The maximum atomic E-state index is 6.29. The number of rotatable bonds is 6. The van der Waals surface area contributed by atoms with Crippen molar-refractivity contribution in [3.05, 3.63) is 142 Å². The highest BCUT2D eigenvalue weighted by Crippen LogP contribution is 2.70. The van der Waals surface area contributed by atoms with Gasteiger partial charge in [0.05, 0.1) is 0 Å². The van der Waals surface area contributed by atoms with E-state index in [1.165, 1.54) is 44.5 Å². The molecule has 0 aliphatic heterocycles. The van der Waals surface area contributed by atoms with Crippen molar-refractivity contribution in [3.63, 3.8) is 0 Å². The molecule has 0 saturated carbocycles. The highest BCUT2D eigenvalue weighted by atomic mass is 14.7. The van der Waals surface area contributed by atoms with E-state index in [1.807, 2.05) is 0 Å². The molecular formula is C34H34N2. The molecule has 0 unspecified atom stereocenters. The molecule has 0 atom stereocenters. The molecule has 10 rings (SSSR count). The van der Waals surface area contributed by atoms with Gasteiger partial charge in [-0.25, -0.2) is 0 Å². The van der Waals surface area contributed by atoms with E-state index in [0.717, 1.165) is 25.7 Å². The number of benzene rings is 4.